The van der Waals surface area contributed by atoms with Crippen LogP contribution in [0.25, 0.3) is 10.9 Å². The van der Waals surface area contributed by atoms with E-state index in [1.54, 1.807) is 5.38 Å². The Labute approximate surface area is 129 Å². The van der Waals surface area contributed by atoms with Crippen LogP contribution in [0.3, 0.4) is 0 Å². The number of para-hydroxylation sites is 1. The molecule has 21 heavy (non-hydrogen) atoms. The summed E-state index contributed by atoms with van der Waals surface area (Å²) in [7, 11) is 0. The maximum Gasteiger partial charge on any atom is 0.304 e. The smallest absolute Gasteiger partial charge is 0.304 e. The number of rotatable bonds is 4. The maximum absolute atomic E-state index is 11.1. The van der Waals surface area contributed by atoms with Gasteiger partial charge in [-0.15, -0.1) is 0 Å². The van der Waals surface area contributed by atoms with E-state index in [0.29, 0.717) is 17.4 Å². The number of benzene rings is 1. The van der Waals surface area contributed by atoms with Gasteiger partial charge in [-0.05, 0) is 12.1 Å². The number of hydrogen-bond donors (Lipinski definition) is 3. The third-order valence-corrected chi connectivity index (χ3v) is 3.95. The topological polar surface area (TPSA) is 83.8 Å². The molecule has 0 radical (unpaired) electrons. The molecule has 106 valence electrons. The maximum atomic E-state index is 11.1. The molecule has 0 spiro atoms. The van der Waals surface area contributed by atoms with E-state index in [9.17, 15) is 4.79 Å². The van der Waals surface area contributed by atoms with E-state index in [1.165, 1.54) is 0 Å². The molecule has 0 atom stereocenters. The third-order valence-electron chi connectivity index (χ3n) is 3.01. The van der Waals surface area contributed by atoms with Gasteiger partial charge in [0, 0.05) is 22.0 Å². The van der Waals surface area contributed by atoms with Crippen molar-refractivity contribution in [1.29, 1.82) is 0 Å². The van der Waals surface area contributed by atoms with Crippen molar-refractivity contribution < 1.29 is 0 Å². The number of aromatic nitrogens is 2. The van der Waals surface area contributed by atoms with Gasteiger partial charge in [0.1, 0.15) is 10.8 Å². The van der Waals surface area contributed by atoms with Crippen molar-refractivity contribution in [3.8, 4) is 0 Å². The number of H-pyrrole nitrogens is 1. The normalized spacial score (nSPS) is 10.7. The minimum Gasteiger partial charge on any atom is -0.389 e. The molecular weight excluding hydrogens is 304 g/mol. The number of thiocarbonyl (C=S) groups is 1. The molecule has 2 aromatic heterocycles. The first-order valence-electron chi connectivity index (χ1n) is 6.23. The lowest BCUT2D eigenvalue weighted by atomic mass is 10.1. The van der Waals surface area contributed by atoms with Crippen molar-refractivity contribution >= 4 is 45.3 Å². The van der Waals surface area contributed by atoms with Gasteiger partial charge < -0.3 is 16.0 Å². The molecule has 0 aliphatic rings. The summed E-state index contributed by atoms with van der Waals surface area (Å²) in [5, 5.41) is 5.88. The standard InChI is InChI=1S/C14H12N4OS2/c15-13(20)10-5-12(16-6-8-7-21-14(19)17-8)18-11-4-2-1-3-9(10)11/h1-5,7H,6H2,(H2,15,20)(H,16,18)(H,17,19). The summed E-state index contributed by atoms with van der Waals surface area (Å²) in [6.07, 6.45) is 0. The fourth-order valence-electron chi connectivity index (χ4n) is 2.06. The Morgan fingerprint density at radius 1 is 1.43 bits per heavy atom. The summed E-state index contributed by atoms with van der Waals surface area (Å²) in [5.41, 5.74) is 8.22. The molecule has 0 bridgehead atoms. The van der Waals surface area contributed by atoms with Crippen LogP contribution in [0.5, 0.6) is 0 Å². The Balaban J connectivity index is 1.95. The fourth-order valence-corrected chi connectivity index (χ4v) is 2.81. The highest BCUT2D eigenvalue weighted by molar-refractivity contribution is 7.80. The predicted octanol–water partition coefficient (Wildman–Crippen LogP) is 2.23. The van der Waals surface area contributed by atoms with Gasteiger partial charge in [-0.2, -0.15) is 0 Å². The van der Waals surface area contributed by atoms with E-state index < -0.39 is 0 Å². The number of nitrogens with two attached hydrogens (primary N) is 1. The quantitative estimate of drug-likeness (QED) is 0.643. The van der Waals surface area contributed by atoms with E-state index >= 15 is 0 Å². The number of nitrogens with one attached hydrogen (secondary N) is 2. The van der Waals surface area contributed by atoms with Crippen molar-refractivity contribution in [2.75, 3.05) is 5.32 Å². The molecule has 0 aliphatic carbocycles. The summed E-state index contributed by atoms with van der Waals surface area (Å²) in [6.45, 7) is 0.487. The van der Waals surface area contributed by atoms with Crippen LogP contribution in [-0.4, -0.2) is 15.0 Å². The number of fused-ring (bicyclic) bond motifs is 1. The average Bonchev–Trinajstić information content (AvgIpc) is 2.89. The Morgan fingerprint density at radius 3 is 2.95 bits per heavy atom. The summed E-state index contributed by atoms with van der Waals surface area (Å²) in [4.78, 5) is 18.6. The molecule has 3 aromatic rings. The van der Waals surface area contributed by atoms with E-state index in [0.717, 1.165) is 33.5 Å². The Morgan fingerprint density at radius 2 is 2.24 bits per heavy atom. The second-order valence-electron chi connectivity index (χ2n) is 4.46. The molecule has 2 heterocycles. The van der Waals surface area contributed by atoms with Crippen molar-refractivity contribution in [2.24, 2.45) is 5.73 Å². The van der Waals surface area contributed by atoms with Crippen LogP contribution < -0.4 is 15.9 Å². The Bertz CT molecular complexity index is 869. The number of hydrogen-bond acceptors (Lipinski definition) is 5. The van der Waals surface area contributed by atoms with E-state index in [-0.39, 0.29) is 4.87 Å². The SMILES string of the molecule is NC(=S)c1cc(NCc2csc(=O)[nH]2)nc2ccccc12. The second-order valence-corrected chi connectivity index (χ2v) is 5.75. The summed E-state index contributed by atoms with van der Waals surface area (Å²) < 4.78 is 0. The number of nitrogens with zero attached hydrogens (tertiary/aromatic N) is 1. The van der Waals surface area contributed by atoms with Crippen LogP contribution >= 0.6 is 23.6 Å². The molecular formula is C14H12N4OS2. The van der Waals surface area contributed by atoms with Crippen molar-refractivity contribution in [1.82, 2.24) is 9.97 Å². The van der Waals surface area contributed by atoms with E-state index in [2.05, 4.69) is 15.3 Å². The summed E-state index contributed by atoms with van der Waals surface area (Å²) in [6, 6.07) is 9.52. The van der Waals surface area contributed by atoms with Gasteiger partial charge in [-0.25, -0.2) is 4.98 Å². The zero-order valence-corrected chi connectivity index (χ0v) is 12.6. The van der Waals surface area contributed by atoms with E-state index in [1.807, 2.05) is 30.3 Å². The van der Waals surface area contributed by atoms with Gasteiger partial charge in [0.15, 0.2) is 0 Å². The van der Waals surface area contributed by atoms with Gasteiger partial charge in [0.2, 0.25) is 0 Å². The molecule has 3 rings (SSSR count). The number of aromatic amines is 1. The molecule has 0 fully saturated rings. The number of thiazole rings is 1. The molecule has 7 heteroatoms. The summed E-state index contributed by atoms with van der Waals surface area (Å²) in [5.74, 6) is 0.670. The largest absolute Gasteiger partial charge is 0.389 e. The molecule has 0 unspecified atom stereocenters. The predicted molar refractivity (Wildman–Crippen MR) is 89.9 cm³/mol. The second kappa shape index (κ2) is 5.63. The molecule has 1 aromatic carbocycles. The van der Waals surface area contributed by atoms with Gasteiger partial charge in [0.25, 0.3) is 0 Å². The van der Waals surface area contributed by atoms with Crippen LogP contribution in [0.1, 0.15) is 11.3 Å². The van der Waals surface area contributed by atoms with Crippen LogP contribution in [0.2, 0.25) is 0 Å². The molecule has 0 saturated heterocycles. The zero-order valence-electron chi connectivity index (χ0n) is 10.9. The number of pyridine rings is 1. The minimum absolute atomic E-state index is 0.0675. The van der Waals surface area contributed by atoms with Crippen LogP contribution in [0.4, 0.5) is 5.82 Å². The summed E-state index contributed by atoms with van der Waals surface area (Å²) >= 11 is 6.24. The molecule has 5 nitrogen and oxygen atoms in total. The van der Waals surface area contributed by atoms with Gasteiger partial charge in [-0.3, -0.25) is 4.79 Å². The van der Waals surface area contributed by atoms with Crippen LogP contribution in [-0.2, 0) is 6.54 Å². The third kappa shape index (κ3) is 2.93. The lowest BCUT2D eigenvalue weighted by Gasteiger charge is -2.09. The Kier molecular flexibility index (Phi) is 3.68. The molecule has 0 saturated carbocycles. The first-order valence-corrected chi connectivity index (χ1v) is 7.52. The zero-order chi connectivity index (χ0) is 14.8. The van der Waals surface area contributed by atoms with Crippen LogP contribution in [0.15, 0.2) is 40.5 Å². The fraction of sp³-hybridized carbons (Fsp3) is 0.0714. The van der Waals surface area contributed by atoms with Gasteiger partial charge in [-0.1, -0.05) is 41.8 Å². The lowest BCUT2D eigenvalue weighted by molar-refractivity contribution is 1.05. The van der Waals surface area contributed by atoms with Crippen molar-refractivity contribution in [2.45, 2.75) is 6.54 Å². The average molecular weight is 316 g/mol. The van der Waals surface area contributed by atoms with Gasteiger partial charge >= 0.3 is 4.87 Å². The highest BCUT2D eigenvalue weighted by Crippen LogP contribution is 2.21. The van der Waals surface area contributed by atoms with E-state index in [4.69, 9.17) is 18.0 Å². The molecule has 0 aliphatic heterocycles. The minimum atomic E-state index is -0.0675. The Hall–Kier alpha value is -2.25. The first kappa shape index (κ1) is 13.7. The monoisotopic (exact) mass is 316 g/mol. The lowest BCUT2D eigenvalue weighted by Crippen LogP contribution is -2.12. The highest BCUT2D eigenvalue weighted by Gasteiger charge is 2.08. The number of anilines is 1. The first-order chi connectivity index (χ1) is 10.1. The van der Waals surface area contributed by atoms with Gasteiger partial charge in [0.05, 0.1) is 12.1 Å². The molecule has 4 N–H and O–H groups in total. The van der Waals surface area contributed by atoms with Crippen molar-refractivity contribution in [3.63, 3.8) is 0 Å². The molecule has 0 amide bonds. The van der Waals surface area contributed by atoms with Crippen molar-refractivity contribution in [3.05, 3.63) is 56.6 Å². The highest BCUT2D eigenvalue weighted by atomic mass is 32.1. The van der Waals surface area contributed by atoms with Crippen LogP contribution in [0, 0.1) is 0 Å².